The third-order valence-corrected chi connectivity index (χ3v) is 3.49. The summed E-state index contributed by atoms with van der Waals surface area (Å²) >= 11 is 0. The number of nitrogens with one attached hydrogen (secondary N) is 1. The Hall–Kier alpha value is -1.81. The van der Waals surface area contributed by atoms with Crippen LogP contribution in [0.2, 0.25) is 0 Å². The highest BCUT2D eigenvalue weighted by Crippen LogP contribution is 2.18. The zero-order valence-electron chi connectivity index (χ0n) is 12.7. The molecule has 0 aliphatic rings. The van der Waals surface area contributed by atoms with E-state index >= 15 is 0 Å². The smallest absolute Gasteiger partial charge is 0.0946 e. The van der Waals surface area contributed by atoms with Crippen LogP contribution in [0.25, 0.3) is 0 Å². The predicted molar refractivity (Wildman–Crippen MR) is 84.0 cm³/mol. The van der Waals surface area contributed by atoms with Crippen molar-refractivity contribution in [2.75, 3.05) is 19.0 Å². The lowest BCUT2D eigenvalue weighted by molar-refractivity contribution is 0.430. The summed E-state index contributed by atoms with van der Waals surface area (Å²) < 4.78 is 2.10. The highest BCUT2D eigenvalue weighted by Gasteiger charge is 2.10. The fraction of sp³-hybridized carbons (Fsp3) is 0.438. The highest BCUT2D eigenvalue weighted by atomic mass is 15.1. The number of imidazole rings is 1. The maximum atomic E-state index is 4.07. The molecule has 2 unspecified atom stereocenters. The minimum absolute atomic E-state index is 0.338. The summed E-state index contributed by atoms with van der Waals surface area (Å²) in [5.74, 6) is 0. The number of nitrogens with zero attached hydrogens (tertiary/aromatic N) is 3. The second-order valence-corrected chi connectivity index (χ2v) is 5.53. The van der Waals surface area contributed by atoms with Crippen LogP contribution in [-0.2, 0) is 6.54 Å². The number of hydrogen-bond acceptors (Lipinski definition) is 3. The van der Waals surface area contributed by atoms with Crippen LogP contribution in [0, 0.1) is 0 Å². The molecular formula is C16H24N4. The molecule has 4 heteroatoms. The number of rotatable bonds is 6. The first-order valence-corrected chi connectivity index (χ1v) is 7.05. The molecule has 108 valence electrons. The van der Waals surface area contributed by atoms with Crippen molar-refractivity contribution in [3.63, 3.8) is 0 Å². The molecule has 1 aromatic heterocycles. The third-order valence-electron chi connectivity index (χ3n) is 3.49. The number of hydrogen-bond donors (Lipinski definition) is 1. The van der Waals surface area contributed by atoms with Gasteiger partial charge in [-0.3, -0.25) is 0 Å². The van der Waals surface area contributed by atoms with Gasteiger partial charge in [-0.05, 0) is 31.5 Å². The first-order chi connectivity index (χ1) is 9.56. The Kier molecular flexibility index (Phi) is 4.79. The molecule has 0 aliphatic carbocycles. The van der Waals surface area contributed by atoms with Crippen molar-refractivity contribution < 1.29 is 0 Å². The van der Waals surface area contributed by atoms with E-state index in [4.69, 9.17) is 0 Å². The van der Waals surface area contributed by atoms with Crippen LogP contribution in [0.3, 0.4) is 0 Å². The molecule has 1 N–H and O–H groups in total. The van der Waals surface area contributed by atoms with Gasteiger partial charge in [-0.25, -0.2) is 4.98 Å². The predicted octanol–water partition coefficient (Wildman–Crippen LogP) is 2.69. The molecule has 2 aromatic rings. The summed E-state index contributed by atoms with van der Waals surface area (Å²) in [7, 11) is 4.12. The monoisotopic (exact) mass is 272 g/mol. The van der Waals surface area contributed by atoms with Crippen molar-refractivity contribution in [2.24, 2.45) is 0 Å². The van der Waals surface area contributed by atoms with Gasteiger partial charge < -0.3 is 14.8 Å². The minimum atomic E-state index is 0.338. The fourth-order valence-corrected chi connectivity index (χ4v) is 2.35. The molecule has 4 nitrogen and oxygen atoms in total. The summed E-state index contributed by atoms with van der Waals surface area (Å²) in [5, 5.41) is 3.62. The second-order valence-electron chi connectivity index (χ2n) is 5.53. The summed E-state index contributed by atoms with van der Waals surface area (Å²) in [4.78, 5) is 6.18. The molecule has 0 spiro atoms. The van der Waals surface area contributed by atoms with E-state index in [0.717, 1.165) is 6.54 Å². The van der Waals surface area contributed by atoms with Crippen LogP contribution < -0.4 is 10.2 Å². The molecule has 20 heavy (non-hydrogen) atoms. The molecule has 1 heterocycles. The molecule has 2 atom stereocenters. The van der Waals surface area contributed by atoms with Gasteiger partial charge in [0.25, 0.3) is 0 Å². The molecular weight excluding hydrogens is 248 g/mol. The van der Waals surface area contributed by atoms with Crippen LogP contribution >= 0.6 is 0 Å². The molecule has 0 saturated heterocycles. The Labute approximate surface area is 121 Å². The number of anilines is 1. The zero-order chi connectivity index (χ0) is 14.5. The average molecular weight is 272 g/mol. The van der Waals surface area contributed by atoms with Gasteiger partial charge in [0.2, 0.25) is 0 Å². The molecule has 2 rings (SSSR count). The van der Waals surface area contributed by atoms with Crippen LogP contribution in [0.1, 0.15) is 25.5 Å². The van der Waals surface area contributed by atoms with E-state index in [0.29, 0.717) is 12.1 Å². The molecule has 0 saturated carbocycles. The lowest BCUT2D eigenvalue weighted by atomic mass is 10.1. The van der Waals surface area contributed by atoms with Gasteiger partial charge in [-0.15, -0.1) is 0 Å². The molecule has 0 aliphatic heterocycles. The largest absolute Gasteiger partial charge is 0.378 e. The van der Waals surface area contributed by atoms with Gasteiger partial charge in [-0.2, -0.15) is 0 Å². The van der Waals surface area contributed by atoms with Crippen LogP contribution in [0.5, 0.6) is 0 Å². The summed E-state index contributed by atoms with van der Waals surface area (Å²) in [5.41, 5.74) is 2.54. The van der Waals surface area contributed by atoms with Crippen molar-refractivity contribution >= 4 is 5.69 Å². The van der Waals surface area contributed by atoms with Crippen molar-refractivity contribution in [1.82, 2.24) is 14.9 Å². The number of benzene rings is 1. The minimum Gasteiger partial charge on any atom is -0.378 e. The van der Waals surface area contributed by atoms with E-state index in [1.807, 2.05) is 18.7 Å². The Morgan fingerprint density at radius 2 is 1.90 bits per heavy atom. The van der Waals surface area contributed by atoms with Crippen LogP contribution in [0.4, 0.5) is 5.69 Å². The maximum absolute atomic E-state index is 4.07. The standard InChI is InChI=1S/C16H24N4/c1-13(11-20-10-9-17-12-20)18-14(2)15-5-7-16(8-6-15)19(3)4/h5-10,12-14,18H,11H2,1-4H3. The third kappa shape index (κ3) is 3.84. The average Bonchev–Trinajstić information content (AvgIpc) is 2.91. The van der Waals surface area contributed by atoms with E-state index in [9.17, 15) is 0 Å². The van der Waals surface area contributed by atoms with Crippen molar-refractivity contribution in [3.05, 3.63) is 48.5 Å². The molecule has 0 fully saturated rings. The summed E-state index contributed by atoms with van der Waals surface area (Å²) in [6.07, 6.45) is 5.67. The zero-order valence-corrected chi connectivity index (χ0v) is 12.7. The maximum Gasteiger partial charge on any atom is 0.0946 e. The Bertz CT molecular complexity index is 502. The van der Waals surface area contributed by atoms with Crippen molar-refractivity contribution in [3.8, 4) is 0 Å². The highest BCUT2D eigenvalue weighted by molar-refractivity contribution is 5.46. The van der Waals surface area contributed by atoms with Gasteiger partial charge in [0.15, 0.2) is 0 Å². The molecule has 0 bridgehead atoms. The second kappa shape index (κ2) is 6.57. The molecule has 0 radical (unpaired) electrons. The van der Waals surface area contributed by atoms with E-state index < -0.39 is 0 Å². The molecule has 1 aromatic carbocycles. The van der Waals surface area contributed by atoms with Gasteiger partial charge in [0.05, 0.1) is 6.33 Å². The van der Waals surface area contributed by atoms with E-state index in [1.165, 1.54) is 11.3 Å². The number of aromatic nitrogens is 2. The quantitative estimate of drug-likeness (QED) is 0.877. The van der Waals surface area contributed by atoms with Crippen LogP contribution in [-0.4, -0.2) is 29.7 Å². The van der Waals surface area contributed by atoms with Gasteiger partial charge in [0, 0.05) is 50.8 Å². The van der Waals surface area contributed by atoms with Crippen molar-refractivity contribution in [1.29, 1.82) is 0 Å². The normalized spacial score (nSPS) is 14.0. The lowest BCUT2D eigenvalue weighted by Crippen LogP contribution is -2.32. The van der Waals surface area contributed by atoms with E-state index in [-0.39, 0.29) is 0 Å². The summed E-state index contributed by atoms with van der Waals surface area (Å²) in [6.45, 7) is 5.33. The van der Waals surface area contributed by atoms with E-state index in [1.54, 1.807) is 0 Å². The SMILES string of the molecule is CC(Cn1ccnc1)NC(C)c1ccc(N(C)C)cc1. The van der Waals surface area contributed by atoms with Crippen molar-refractivity contribution in [2.45, 2.75) is 32.5 Å². The Balaban J connectivity index is 1.92. The first kappa shape index (κ1) is 14.6. The van der Waals surface area contributed by atoms with Gasteiger partial charge >= 0.3 is 0 Å². The van der Waals surface area contributed by atoms with E-state index in [2.05, 4.69) is 72.0 Å². The van der Waals surface area contributed by atoms with Crippen LogP contribution in [0.15, 0.2) is 43.0 Å². The van der Waals surface area contributed by atoms with Gasteiger partial charge in [-0.1, -0.05) is 12.1 Å². The Morgan fingerprint density at radius 1 is 1.20 bits per heavy atom. The topological polar surface area (TPSA) is 33.1 Å². The lowest BCUT2D eigenvalue weighted by Gasteiger charge is -2.21. The van der Waals surface area contributed by atoms with Gasteiger partial charge in [0.1, 0.15) is 0 Å². The summed E-state index contributed by atoms with van der Waals surface area (Å²) in [6, 6.07) is 9.44. The Morgan fingerprint density at radius 3 is 2.45 bits per heavy atom. The fourth-order valence-electron chi connectivity index (χ4n) is 2.35. The molecule has 0 amide bonds. The first-order valence-electron chi connectivity index (χ1n) is 7.05.